The van der Waals surface area contributed by atoms with Crippen molar-refractivity contribution < 1.29 is 14.6 Å². The van der Waals surface area contributed by atoms with E-state index in [1.165, 1.54) is 43.9 Å². The first-order valence-electron chi connectivity index (χ1n) is 11.0. The van der Waals surface area contributed by atoms with Crippen molar-refractivity contribution >= 4 is 34.6 Å². The van der Waals surface area contributed by atoms with Gasteiger partial charge in [-0.05, 0) is 59.2 Å². The van der Waals surface area contributed by atoms with E-state index in [9.17, 15) is 9.90 Å². The van der Waals surface area contributed by atoms with Crippen molar-refractivity contribution in [2.24, 2.45) is 0 Å². The van der Waals surface area contributed by atoms with Crippen LogP contribution in [0.2, 0.25) is 0 Å². The first kappa shape index (κ1) is 23.0. The summed E-state index contributed by atoms with van der Waals surface area (Å²) in [6.07, 6.45) is 9.22. The lowest BCUT2D eigenvalue weighted by molar-refractivity contribution is -0.131. The van der Waals surface area contributed by atoms with Crippen molar-refractivity contribution in [1.82, 2.24) is 0 Å². The van der Waals surface area contributed by atoms with Gasteiger partial charge in [0.05, 0.1) is 11.5 Å². The molecule has 0 bridgehead atoms. The summed E-state index contributed by atoms with van der Waals surface area (Å²) >= 11 is 1.26. The fourth-order valence-corrected chi connectivity index (χ4v) is 4.23. The highest BCUT2D eigenvalue weighted by molar-refractivity contribution is 8.04. The highest BCUT2D eigenvalue weighted by atomic mass is 32.2. The van der Waals surface area contributed by atoms with E-state index < -0.39 is 5.97 Å². The highest BCUT2D eigenvalue weighted by Gasteiger charge is 2.10. The first-order chi connectivity index (χ1) is 15.2. The number of benzene rings is 3. The summed E-state index contributed by atoms with van der Waals surface area (Å²) in [6.45, 7) is 2.98. The van der Waals surface area contributed by atoms with Gasteiger partial charge in [0.15, 0.2) is 0 Å². The van der Waals surface area contributed by atoms with Gasteiger partial charge in [-0.15, -0.1) is 0 Å². The number of fused-ring (bicyclic) bond motifs is 1. The van der Waals surface area contributed by atoms with Crippen LogP contribution in [0.15, 0.2) is 76.5 Å². The van der Waals surface area contributed by atoms with E-state index in [2.05, 4.69) is 13.0 Å². The van der Waals surface area contributed by atoms with Gasteiger partial charge in [-0.25, -0.2) is 4.79 Å². The van der Waals surface area contributed by atoms with Crippen molar-refractivity contribution in [2.45, 2.75) is 50.3 Å². The van der Waals surface area contributed by atoms with Gasteiger partial charge in [0, 0.05) is 4.90 Å². The summed E-state index contributed by atoms with van der Waals surface area (Å²) in [5, 5.41) is 11.8. The van der Waals surface area contributed by atoms with Crippen molar-refractivity contribution in [3.05, 3.63) is 77.2 Å². The maximum atomic E-state index is 11.7. The molecule has 3 aromatic rings. The smallest absolute Gasteiger partial charge is 0.342 e. The van der Waals surface area contributed by atoms with E-state index in [4.69, 9.17) is 4.74 Å². The Hall–Kier alpha value is -2.72. The number of rotatable bonds is 12. The topological polar surface area (TPSA) is 46.5 Å². The average Bonchev–Trinajstić information content (AvgIpc) is 2.78. The number of unbranched alkanes of at least 4 members (excludes halogenated alkanes) is 5. The second-order valence-electron chi connectivity index (χ2n) is 7.61. The second-order valence-corrected chi connectivity index (χ2v) is 8.73. The average molecular weight is 435 g/mol. The van der Waals surface area contributed by atoms with E-state index in [0.29, 0.717) is 4.91 Å². The van der Waals surface area contributed by atoms with E-state index in [0.717, 1.165) is 40.0 Å². The van der Waals surface area contributed by atoms with Gasteiger partial charge in [-0.2, -0.15) is 0 Å². The summed E-state index contributed by atoms with van der Waals surface area (Å²) in [5.41, 5.74) is 0.870. The fraction of sp³-hybridized carbons (Fsp3) is 0.296. The van der Waals surface area contributed by atoms with Gasteiger partial charge in [-0.1, -0.05) is 87.2 Å². The predicted octanol–water partition coefficient (Wildman–Crippen LogP) is 7.80. The molecule has 1 N–H and O–H groups in total. The van der Waals surface area contributed by atoms with Gasteiger partial charge in [0.1, 0.15) is 5.75 Å². The molecule has 3 rings (SSSR count). The molecule has 4 heteroatoms. The maximum Gasteiger partial charge on any atom is 0.342 e. The molecule has 0 fully saturated rings. The molecule has 0 saturated carbocycles. The molecule has 0 atom stereocenters. The minimum Gasteiger partial charge on any atom is -0.494 e. The minimum atomic E-state index is -0.924. The molecule has 3 aromatic carbocycles. The molecule has 0 aliphatic carbocycles. The summed E-state index contributed by atoms with van der Waals surface area (Å²) in [7, 11) is 0. The van der Waals surface area contributed by atoms with Crippen molar-refractivity contribution in [1.29, 1.82) is 0 Å². The number of carboxylic acid groups (broad SMARTS) is 1. The van der Waals surface area contributed by atoms with Crippen LogP contribution in [0.1, 0.15) is 51.0 Å². The Morgan fingerprint density at radius 3 is 2.39 bits per heavy atom. The number of hydrogen-bond acceptors (Lipinski definition) is 3. The molecule has 0 saturated heterocycles. The van der Waals surface area contributed by atoms with Crippen LogP contribution >= 0.6 is 11.8 Å². The van der Waals surface area contributed by atoms with Crippen molar-refractivity contribution in [3.63, 3.8) is 0 Å². The maximum absolute atomic E-state index is 11.7. The Labute approximate surface area is 189 Å². The van der Waals surface area contributed by atoms with Gasteiger partial charge in [0.2, 0.25) is 0 Å². The monoisotopic (exact) mass is 434 g/mol. The van der Waals surface area contributed by atoms with E-state index in [1.807, 2.05) is 60.7 Å². The summed E-state index contributed by atoms with van der Waals surface area (Å²) in [6, 6.07) is 21.6. The predicted molar refractivity (Wildman–Crippen MR) is 131 cm³/mol. The fourth-order valence-electron chi connectivity index (χ4n) is 3.40. The van der Waals surface area contributed by atoms with Gasteiger partial charge < -0.3 is 9.84 Å². The molecule has 0 aromatic heterocycles. The van der Waals surface area contributed by atoms with Crippen LogP contribution in [-0.2, 0) is 4.79 Å². The lowest BCUT2D eigenvalue weighted by Crippen LogP contribution is -1.97. The standard InChI is InChI=1S/C27H30O3S/c1-2-3-4-5-6-10-17-30-24-16-15-22-18-21(13-14-23(22)20-24)19-26(27(28)29)31-25-11-8-7-9-12-25/h7-9,11-16,18-20H,2-6,10,17H2,1H3,(H,28,29)/b26-19-. The van der Waals surface area contributed by atoms with Crippen LogP contribution in [0.4, 0.5) is 0 Å². The molecule has 162 valence electrons. The van der Waals surface area contributed by atoms with Crippen LogP contribution in [-0.4, -0.2) is 17.7 Å². The molecule has 0 radical (unpaired) electrons. The van der Waals surface area contributed by atoms with Gasteiger partial charge >= 0.3 is 5.97 Å². The molecular formula is C27H30O3S. The van der Waals surface area contributed by atoms with Gasteiger partial charge in [-0.3, -0.25) is 0 Å². The Morgan fingerprint density at radius 2 is 1.61 bits per heavy atom. The van der Waals surface area contributed by atoms with Crippen LogP contribution in [0.3, 0.4) is 0 Å². The lowest BCUT2D eigenvalue weighted by atomic mass is 10.1. The molecule has 0 heterocycles. The number of ether oxygens (including phenoxy) is 1. The Bertz CT molecular complexity index is 1010. The zero-order chi connectivity index (χ0) is 21.9. The summed E-state index contributed by atoms with van der Waals surface area (Å²) in [4.78, 5) is 12.9. The van der Waals surface area contributed by atoms with E-state index in [-0.39, 0.29) is 0 Å². The van der Waals surface area contributed by atoms with Crippen LogP contribution in [0, 0.1) is 0 Å². The molecule has 0 spiro atoms. The third kappa shape index (κ3) is 7.48. The zero-order valence-electron chi connectivity index (χ0n) is 18.0. The highest BCUT2D eigenvalue weighted by Crippen LogP contribution is 2.29. The van der Waals surface area contributed by atoms with Crippen molar-refractivity contribution in [3.8, 4) is 5.75 Å². The lowest BCUT2D eigenvalue weighted by Gasteiger charge is -2.08. The molecular weight excluding hydrogens is 404 g/mol. The number of thioether (sulfide) groups is 1. The van der Waals surface area contributed by atoms with Crippen molar-refractivity contribution in [2.75, 3.05) is 6.61 Å². The first-order valence-corrected chi connectivity index (χ1v) is 11.8. The minimum absolute atomic E-state index is 0.296. The van der Waals surface area contributed by atoms with E-state index in [1.54, 1.807) is 6.08 Å². The Morgan fingerprint density at radius 1 is 0.903 bits per heavy atom. The quantitative estimate of drug-likeness (QED) is 0.179. The van der Waals surface area contributed by atoms with E-state index >= 15 is 0 Å². The normalized spacial score (nSPS) is 11.6. The summed E-state index contributed by atoms with van der Waals surface area (Å²) in [5.74, 6) is -0.0393. The molecule has 31 heavy (non-hydrogen) atoms. The molecule has 0 aliphatic rings. The summed E-state index contributed by atoms with van der Waals surface area (Å²) < 4.78 is 5.92. The Balaban J connectivity index is 1.63. The Kier molecular flexibility index (Phi) is 9.04. The number of carboxylic acids is 1. The molecule has 0 aliphatic heterocycles. The largest absolute Gasteiger partial charge is 0.494 e. The number of hydrogen-bond donors (Lipinski definition) is 1. The SMILES string of the molecule is CCCCCCCCOc1ccc2cc(/C=C(\Sc3ccccc3)C(=O)O)ccc2c1. The zero-order valence-corrected chi connectivity index (χ0v) is 18.9. The van der Waals surface area contributed by atoms with Crippen LogP contribution in [0.25, 0.3) is 16.8 Å². The molecule has 0 amide bonds. The third-order valence-electron chi connectivity index (χ3n) is 5.08. The third-order valence-corrected chi connectivity index (χ3v) is 6.10. The second kappa shape index (κ2) is 12.2. The molecule has 3 nitrogen and oxygen atoms in total. The number of carbonyl (C=O) groups is 1. The van der Waals surface area contributed by atoms with Crippen LogP contribution < -0.4 is 4.74 Å². The molecule has 0 unspecified atom stereocenters. The van der Waals surface area contributed by atoms with Crippen LogP contribution in [0.5, 0.6) is 5.75 Å². The van der Waals surface area contributed by atoms with Gasteiger partial charge in [0.25, 0.3) is 0 Å². The number of aliphatic carboxylic acids is 1.